The summed E-state index contributed by atoms with van der Waals surface area (Å²) in [7, 11) is 0. The molecular weight excluding hydrogens is 354 g/mol. The number of carbonyl (C=O) groups excluding carboxylic acids is 1. The Morgan fingerprint density at radius 1 is 0.964 bits per heavy atom. The van der Waals surface area contributed by atoms with Crippen LogP contribution in [0.1, 0.15) is 12.8 Å². The number of aromatic amines is 2. The fraction of sp³-hybridized carbons (Fsp3) is 0.190. The second-order valence-electron chi connectivity index (χ2n) is 7.10. The molecular formula is C21H19N5O2. The molecule has 0 unspecified atom stereocenters. The summed E-state index contributed by atoms with van der Waals surface area (Å²) in [4.78, 5) is 37.0. The zero-order chi connectivity index (χ0) is 19.3. The zero-order valence-corrected chi connectivity index (χ0v) is 15.2. The van der Waals surface area contributed by atoms with Crippen LogP contribution in [0, 0.1) is 0 Å². The monoisotopic (exact) mass is 373 g/mol. The largest absolute Gasteiger partial charge is 0.397 e. The van der Waals surface area contributed by atoms with Crippen LogP contribution >= 0.6 is 0 Å². The van der Waals surface area contributed by atoms with E-state index < -0.39 is 0 Å². The van der Waals surface area contributed by atoms with Crippen LogP contribution in [0.15, 0.2) is 47.3 Å². The molecule has 0 bridgehead atoms. The topological polar surface area (TPSA) is 108 Å². The maximum atomic E-state index is 12.6. The molecule has 4 N–H and O–H groups in total. The molecule has 3 heterocycles. The predicted octanol–water partition coefficient (Wildman–Crippen LogP) is 2.82. The highest BCUT2D eigenvalue weighted by Crippen LogP contribution is 2.29. The van der Waals surface area contributed by atoms with Gasteiger partial charge in [-0.2, -0.15) is 0 Å². The van der Waals surface area contributed by atoms with Crippen molar-refractivity contribution in [3.05, 3.63) is 52.8 Å². The lowest BCUT2D eigenvalue weighted by molar-refractivity contribution is -0.119. The summed E-state index contributed by atoms with van der Waals surface area (Å²) in [6, 6.07) is 13.4. The smallest absolute Gasteiger partial charge is 0.261 e. The van der Waals surface area contributed by atoms with Crippen molar-refractivity contribution >= 4 is 39.1 Å². The maximum Gasteiger partial charge on any atom is 0.261 e. The number of rotatable bonds is 2. The Hall–Kier alpha value is -3.61. The maximum absolute atomic E-state index is 12.6. The summed E-state index contributed by atoms with van der Waals surface area (Å²) in [6.07, 6.45) is 1.16. The van der Waals surface area contributed by atoms with Gasteiger partial charge in [-0.15, -0.1) is 0 Å². The van der Waals surface area contributed by atoms with Crippen molar-refractivity contribution in [2.24, 2.45) is 0 Å². The van der Waals surface area contributed by atoms with E-state index in [-0.39, 0.29) is 5.56 Å². The number of pyridine rings is 1. The number of hydrogen-bond acceptors (Lipinski definition) is 5. The van der Waals surface area contributed by atoms with E-state index in [9.17, 15) is 9.59 Å². The summed E-state index contributed by atoms with van der Waals surface area (Å²) in [5, 5.41) is 0.788. The van der Waals surface area contributed by atoms with Crippen molar-refractivity contribution in [2.75, 3.05) is 23.7 Å². The molecule has 1 aliphatic rings. The summed E-state index contributed by atoms with van der Waals surface area (Å²) in [5.74, 6) is 0.762. The number of benzene rings is 2. The van der Waals surface area contributed by atoms with Gasteiger partial charge in [0.15, 0.2) is 0 Å². The summed E-state index contributed by atoms with van der Waals surface area (Å²) >= 11 is 0. The summed E-state index contributed by atoms with van der Waals surface area (Å²) in [5.41, 5.74) is 10.1. The van der Waals surface area contributed by atoms with E-state index in [1.165, 1.54) is 0 Å². The molecule has 0 spiro atoms. The number of Topliss-reactive ketones (excluding diaryl/α,β-unsaturated/α-hetero) is 1. The lowest BCUT2D eigenvalue weighted by Gasteiger charge is -2.28. The van der Waals surface area contributed by atoms with Gasteiger partial charge in [0.25, 0.3) is 5.56 Å². The van der Waals surface area contributed by atoms with Crippen molar-refractivity contribution in [1.82, 2.24) is 15.0 Å². The highest BCUT2D eigenvalue weighted by molar-refractivity contribution is 5.97. The Morgan fingerprint density at radius 3 is 2.57 bits per heavy atom. The molecule has 5 rings (SSSR count). The van der Waals surface area contributed by atoms with Gasteiger partial charge in [0.2, 0.25) is 0 Å². The first kappa shape index (κ1) is 16.6. The molecule has 28 heavy (non-hydrogen) atoms. The van der Waals surface area contributed by atoms with Gasteiger partial charge in [0.05, 0.1) is 22.2 Å². The van der Waals surface area contributed by atoms with E-state index in [1.54, 1.807) is 0 Å². The number of piperidine rings is 1. The van der Waals surface area contributed by atoms with Gasteiger partial charge in [0, 0.05) is 37.0 Å². The fourth-order valence-corrected chi connectivity index (χ4v) is 3.83. The van der Waals surface area contributed by atoms with Gasteiger partial charge in [-0.05, 0) is 24.3 Å². The number of anilines is 2. The van der Waals surface area contributed by atoms with Gasteiger partial charge in [0.1, 0.15) is 17.2 Å². The van der Waals surface area contributed by atoms with Crippen LogP contribution in [-0.2, 0) is 4.79 Å². The van der Waals surface area contributed by atoms with Gasteiger partial charge in [-0.1, -0.05) is 18.2 Å². The Morgan fingerprint density at radius 2 is 1.75 bits per heavy atom. The lowest BCUT2D eigenvalue weighted by atomic mass is 10.1. The number of nitrogen functional groups attached to an aromatic ring is 1. The number of para-hydroxylation sites is 1. The molecule has 1 saturated heterocycles. The Balaban J connectivity index is 1.60. The van der Waals surface area contributed by atoms with Gasteiger partial charge < -0.3 is 20.6 Å². The number of hydrogen-bond donors (Lipinski definition) is 3. The minimum absolute atomic E-state index is 0.273. The number of fused-ring (bicyclic) bond motifs is 2. The van der Waals surface area contributed by atoms with Crippen LogP contribution in [0.3, 0.4) is 0 Å². The third-order valence-corrected chi connectivity index (χ3v) is 5.35. The quantitative estimate of drug-likeness (QED) is 0.501. The number of nitrogens with two attached hydrogens (primary N) is 1. The molecule has 2 aromatic carbocycles. The number of carbonyl (C=O) groups is 1. The van der Waals surface area contributed by atoms with Crippen LogP contribution in [0.25, 0.3) is 33.3 Å². The van der Waals surface area contributed by atoms with Crippen LogP contribution < -0.4 is 16.2 Å². The second kappa shape index (κ2) is 6.23. The zero-order valence-electron chi connectivity index (χ0n) is 15.2. The van der Waals surface area contributed by atoms with E-state index in [4.69, 9.17) is 5.73 Å². The molecule has 7 nitrogen and oxygen atoms in total. The number of imidazole rings is 1. The molecule has 0 radical (unpaired) electrons. The van der Waals surface area contributed by atoms with E-state index in [0.29, 0.717) is 41.2 Å². The van der Waals surface area contributed by atoms with Crippen molar-refractivity contribution in [3.8, 4) is 11.4 Å². The van der Waals surface area contributed by atoms with Crippen LogP contribution in [0.5, 0.6) is 0 Å². The van der Waals surface area contributed by atoms with E-state index in [0.717, 1.165) is 35.2 Å². The molecule has 1 fully saturated rings. The molecule has 7 heteroatoms. The average Bonchev–Trinajstić information content (AvgIpc) is 3.11. The second-order valence-corrected chi connectivity index (χ2v) is 7.10. The fourth-order valence-electron chi connectivity index (χ4n) is 3.83. The first-order valence-corrected chi connectivity index (χ1v) is 9.27. The molecule has 0 saturated carbocycles. The first-order valence-electron chi connectivity index (χ1n) is 9.27. The highest BCUT2D eigenvalue weighted by atomic mass is 16.1. The van der Waals surface area contributed by atoms with E-state index >= 15 is 0 Å². The molecule has 0 atom stereocenters. The van der Waals surface area contributed by atoms with Gasteiger partial charge >= 0.3 is 0 Å². The molecule has 0 aliphatic carbocycles. The van der Waals surface area contributed by atoms with Gasteiger partial charge in [-0.3, -0.25) is 9.59 Å². The first-order chi connectivity index (χ1) is 13.6. The average molecular weight is 373 g/mol. The third kappa shape index (κ3) is 2.63. The normalized spacial score (nSPS) is 14.9. The molecule has 0 amide bonds. The Kier molecular flexibility index (Phi) is 3.68. The molecule has 1 aliphatic heterocycles. The van der Waals surface area contributed by atoms with Crippen LogP contribution in [0.2, 0.25) is 0 Å². The molecule has 140 valence electrons. The Bertz CT molecular complexity index is 1280. The van der Waals surface area contributed by atoms with Gasteiger partial charge in [-0.25, -0.2) is 4.98 Å². The minimum Gasteiger partial charge on any atom is -0.397 e. The minimum atomic E-state index is -0.273. The standard InChI is InChI=1S/C21H19N5O2/c22-19-14-3-1-2-4-15(14)25-21(28)18(19)20-23-16-6-5-12(11-17(16)24-20)26-9-7-13(27)8-10-26/h1-6,11H,7-10H2,(H,23,24)(H3,22,25,28). The number of nitrogens with zero attached hydrogens (tertiary/aromatic N) is 2. The van der Waals surface area contributed by atoms with Crippen molar-refractivity contribution in [3.63, 3.8) is 0 Å². The van der Waals surface area contributed by atoms with Crippen molar-refractivity contribution in [2.45, 2.75) is 12.8 Å². The number of nitrogens with one attached hydrogen (secondary N) is 2. The van der Waals surface area contributed by atoms with E-state index in [1.807, 2.05) is 42.5 Å². The van der Waals surface area contributed by atoms with Crippen molar-refractivity contribution in [1.29, 1.82) is 0 Å². The highest BCUT2D eigenvalue weighted by Gasteiger charge is 2.19. The third-order valence-electron chi connectivity index (χ3n) is 5.35. The Labute approximate surface area is 160 Å². The number of ketones is 1. The lowest BCUT2D eigenvalue weighted by Crippen LogP contribution is -2.33. The van der Waals surface area contributed by atoms with E-state index in [2.05, 4.69) is 19.9 Å². The van der Waals surface area contributed by atoms with Crippen molar-refractivity contribution < 1.29 is 4.79 Å². The van der Waals surface area contributed by atoms with Crippen LogP contribution in [0.4, 0.5) is 11.4 Å². The predicted molar refractivity (Wildman–Crippen MR) is 111 cm³/mol. The molecule has 2 aromatic heterocycles. The SMILES string of the molecule is Nc1c(-c2nc3ccc(N4CCC(=O)CC4)cc3[nH]2)c(=O)[nH]c2ccccc12. The molecule has 4 aromatic rings. The number of H-pyrrole nitrogens is 2. The summed E-state index contributed by atoms with van der Waals surface area (Å²) in [6.45, 7) is 1.45. The summed E-state index contributed by atoms with van der Waals surface area (Å²) < 4.78 is 0. The van der Waals surface area contributed by atoms with Crippen LogP contribution in [-0.4, -0.2) is 33.8 Å². The number of aromatic nitrogens is 3.